The molecule has 19 heavy (non-hydrogen) atoms. The number of alkyl halides is 1. The second kappa shape index (κ2) is 7.94. The van der Waals surface area contributed by atoms with E-state index in [9.17, 15) is 9.59 Å². The van der Waals surface area contributed by atoms with Crippen molar-refractivity contribution in [2.24, 2.45) is 0 Å². The Labute approximate surface area is 122 Å². The number of nitrogens with one attached hydrogen (secondary N) is 2. The maximum atomic E-state index is 11.7. The molecular weight excluding hydrogens is 308 g/mol. The molecule has 0 aliphatic heterocycles. The van der Waals surface area contributed by atoms with Crippen molar-refractivity contribution in [2.45, 2.75) is 31.5 Å². The Hall–Kier alpha value is -1.36. The Morgan fingerprint density at radius 3 is 2.74 bits per heavy atom. The maximum Gasteiger partial charge on any atom is 0.233 e. The van der Waals surface area contributed by atoms with Crippen molar-refractivity contribution in [1.29, 1.82) is 0 Å². The molecule has 0 heterocycles. The molecule has 1 unspecified atom stereocenters. The lowest BCUT2D eigenvalue weighted by Gasteiger charge is -2.09. The fraction of sp³-hybridized carbons (Fsp3) is 0.429. The smallest absolute Gasteiger partial charge is 0.233 e. The zero-order valence-electron chi connectivity index (χ0n) is 11.2. The summed E-state index contributed by atoms with van der Waals surface area (Å²) >= 11 is 3.26. The highest BCUT2D eigenvalue weighted by Crippen LogP contribution is 2.09. The number of aryl methyl sites for hydroxylation is 1. The van der Waals surface area contributed by atoms with E-state index in [0.717, 1.165) is 17.7 Å². The average Bonchev–Trinajstić information content (AvgIpc) is 2.37. The number of hydrogen-bond donors (Lipinski definition) is 2. The van der Waals surface area contributed by atoms with Crippen molar-refractivity contribution in [3.05, 3.63) is 29.8 Å². The van der Waals surface area contributed by atoms with Crippen LogP contribution in [-0.4, -0.2) is 23.2 Å². The molecule has 5 heteroatoms. The molecule has 104 valence electrons. The molecule has 4 nitrogen and oxygen atoms in total. The topological polar surface area (TPSA) is 58.2 Å². The molecule has 0 saturated carbocycles. The zero-order valence-corrected chi connectivity index (χ0v) is 12.8. The lowest BCUT2D eigenvalue weighted by atomic mass is 10.2. The van der Waals surface area contributed by atoms with Crippen molar-refractivity contribution >= 4 is 33.4 Å². The van der Waals surface area contributed by atoms with E-state index >= 15 is 0 Å². The summed E-state index contributed by atoms with van der Waals surface area (Å²) in [5, 5.41) is 5.51. The molecule has 2 amide bonds. The Morgan fingerprint density at radius 2 is 2.11 bits per heavy atom. The van der Waals surface area contributed by atoms with Crippen molar-refractivity contribution in [3.63, 3.8) is 0 Å². The molecule has 2 N–H and O–H groups in total. The van der Waals surface area contributed by atoms with Gasteiger partial charge in [0.05, 0.1) is 4.83 Å². The Kier molecular flexibility index (Phi) is 6.56. The van der Waals surface area contributed by atoms with Crippen LogP contribution < -0.4 is 10.6 Å². The fourth-order valence-corrected chi connectivity index (χ4v) is 1.70. The van der Waals surface area contributed by atoms with Crippen LogP contribution in [0.3, 0.4) is 0 Å². The van der Waals surface area contributed by atoms with Crippen molar-refractivity contribution in [3.8, 4) is 0 Å². The van der Waals surface area contributed by atoms with Gasteiger partial charge >= 0.3 is 0 Å². The van der Waals surface area contributed by atoms with Crippen LogP contribution in [-0.2, 0) is 9.59 Å². The third-order valence-electron chi connectivity index (χ3n) is 2.60. The van der Waals surface area contributed by atoms with E-state index in [2.05, 4.69) is 26.6 Å². The first kappa shape index (κ1) is 15.7. The van der Waals surface area contributed by atoms with E-state index in [0.29, 0.717) is 6.54 Å². The van der Waals surface area contributed by atoms with Gasteiger partial charge in [0.2, 0.25) is 11.8 Å². The van der Waals surface area contributed by atoms with Gasteiger partial charge in [0.25, 0.3) is 0 Å². The van der Waals surface area contributed by atoms with Gasteiger partial charge in [-0.1, -0.05) is 35.0 Å². The van der Waals surface area contributed by atoms with Gasteiger partial charge in [0.1, 0.15) is 0 Å². The second-order valence-electron chi connectivity index (χ2n) is 4.33. The highest BCUT2D eigenvalue weighted by molar-refractivity contribution is 9.10. The number of anilines is 1. The summed E-state index contributed by atoms with van der Waals surface area (Å²) in [7, 11) is 0. The third kappa shape index (κ3) is 5.87. The van der Waals surface area contributed by atoms with Gasteiger partial charge in [0.15, 0.2) is 0 Å². The number of amides is 2. The summed E-state index contributed by atoms with van der Waals surface area (Å²) in [6.07, 6.45) is 0.991. The molecule has 0 spiro atoms. The summed E-state index contributed by atoms with van der Waals surface area (Å²) in [4.78, 5) is 23.0. The standard InChI is InChI=1S/C14H19BrN2O2/c1-3-12(15)14(19)16-8-7-13(18)17-11-6-4-5-10(2)9-11/h4-6,9,12H,3,7-8H2,1-2H3,(H,16,19)(H,17,18). The van der Waals surface area contributed by atoms with Crippen LogP contribution in [0.2, 0.25) is 0 Å². The van der Waals surface area contributed by atoms with Crippen LogP contribution in [0.15, 0.2) is 24.3 Å². The molecule has 0 fully saturated rings. The lowest BCUT2D eigenvalue weighted by molar-refractivity contribution is -0.120. The van der Waals surface area contributed by atoms with Gasteiger partial charge in [-0.15, -0.1) is 0 Å². The van der Waals surface area contributed by atoms with E-state index in [-0.39, 0.29) is 23.1 Å². The fourth-order valence-electron chi connectivity index (χ4n) is 1.54. The number of benzene rings is 1. The minimum absolute atomic E-state index is 0.0779. The van der Waals surface area contributed by atoms with Crippen LogP contribution >= 0.6 is 15.9 Å². The van der Waals surface area contributed by atoms with Gasteiger partial charge in [-0.25, -0.2) is 0 Å². The molecule has 1 aromatic rings. The minimum atomic E-state index is -0.188. The zero-order chi connectivity index (χ0) is 14.3. The number of carbonyl (C=O) groups is 2. The molecule has 0 saturated heterocycles. The molecule has 1 atom stereocenters. The summed E-state index contributed by atoms with van der Waals surface area (Å²) in [5.74, 6) is -0.181. The summed E-state index contributed by atoms with van der Waals surface area (Å²) in [6.45, 7) is 4.23. The summed E-state index contributed by atoms with van der Waals surface area (Å²) in [6, 6.07) is 7.61. The van der Waals surface area contributed by atoms with Crippen molar-refractivity contribution < 1.29 is 9.59 Å². The maximum absolute atomic E-state index is 11.7. The minimum Gasteiger partial charge on any atom is -0.355 e. The first-order valence-corrected chi connectivity index (χ1v) is 7.22. The molecule has 0 aliphatic rings. The van der Waals surface area contributed by atoms with Gasteiger partial charge in [-0.2, -0.15) is 0 Å². The first-order valence-electron chi connectivity index (χ1n) is 6.31. The van der Waals surface area contributed by atoms with Crippen LogP contribution in [0.1, 0.15) is 25.3 Å². The summed E-state index contributed by atoms with van der Waals surface area (Å²) in [5.41, 5.74) is 1.87. The quantitative estimate of drug-likeness (QED) is 0.789. The van der Waals surface area contributed by atoms with Gasteiger partial charge in [0, 0.05) is 18.7 Å². The Morgan fingerprint density at radius 1 is 1.37 bits per heavy atom. The lowest BCUT2D eigenvalue weighted by Crippen LogP contribution is -2.33. The first-order chi connectivity index (χ1) is 9.02. The number of halogens is 1. The largest absolute Gasteiger partial charge is 0.355 e. The molecule has 1 rings (SSSR count). The molecular formula is C14H19BrN2O2. The SMILES string of the molecule is CCC(Br)C(=O)NCCC(=O)Nc1cccc(C)c1. The predicted octanol–water partition coefficient (Wildman–Crippen LogP) is 2.61. The molecule has 0 bridgehead atoms. The third-order valence-corrected chi connectivity index (χ3v) is 3.66. The highest BCUT2D eigenvalue weighted by Gasteiger charge is 2.11. The monoisotopic (exact) mass is 326 g/mol. The normalized spacial score (nSPS) is 11.7. The van der Waals surface area contributed by atoms with E-state index in [4.69, 9.17) is 0 Å². The Bertz CT molecular complexity index is 449. The predicted molar refractivity (Wildman–Crippen MR) is 80.4 cm³/mol. The van der Waals surface area contributed by atoms with Crippen LogP contribution in [0.4, 0.5) is 5.69 Å². The number of rotatable bonds is 6. The van der Waals surface area contributed by atoms with E-state index in [1.807, 2.05) is 38.1 Å². The van der Waals surface area contributed by atoms with E-state index in [1.54, 1.807) is 0 Å². The van der Waals surface area contributed by atoms with Crippen LogP contribution in [0, 0.1) is 6.92 Å². The second-order valence-corrected chi connectivity index (χ2v) is 5.44. The molecule has 1 aromatic carbocycles. The highest BCUT2D eigenvalue weighted by atomic mass is 79.9. The average molecular weight is 327 g/mol. The van der Waals surface area contributed by atoms with Crippen molar-refractivity contribution in [2.75, 3.05) is 11.9 Å². The number of hydrogen-bond acceptors (Lipinski definition) is 2. The summed E-state index contributed by atoms with van der Waals surface area (Å²) < 4.78 is 0. The van der Waals surface area contributed by atoms with E-state index < -0.39 is 0 Å². The van der Waals surface area contributed by atoms with Gasteiger partial charge in [-0.05, 0) is 31.0 Å². The Balaban J connectivity index is 2.31. The van der Waals surface area contributed by atoms with E-state index in [1.165, 1.54) is 0 Å². The molecule has 0 aliphatic carbocycles. The van der Waals surface area contributed by atoms with Gasteiger partial charge < -0.3 is 10.6 Å². The number of carbonyl (C=O) groups excluding carboxylic acids is 2. The van der Waals surface area contributed by atoms with Gasteiger partial charge in [-0.3, -0.25) is 9.59 Å². The van der Waals surface area contributed by atoms with Crippen molar-refractivity contribution in [1.82, 2.24) is 5.32 Å². The molecule has 0 aromatic heterocycles. The van der Waals surface area contributed by atoms with Crippen LogP contribution in [0.5, 0.6) is 0 Å². The van der Waals surface area contributed by atoms with Crippen LogP contribution in [0.25, 0.3) is 0 Å². The molecule has 0 radical (unpaired) electrons.